The number of hydrogen-bond acceptors (Lipinski definition) is 7. The summed E-state index contributed by atoms with van der Waals surface area (Å²) in [5.74, 6) is 0.306. The van der Waals surface area contributed by atoms with Gasteiger partial charge in [0.2, 0.25) is 5.95 Å². The Hall–Kier alpha value is -1.96. The zero-order valence-electron chi connectivity index (χ0n) is 11.5. The molecule has 0 aliphatic heterocycles. The Balaban J connectivity index is 2.16. The van der Waals surface area contributed by atoms with Gasteiger partial charge in [0.1, 0.15) is 12.3 Å². The normalized spacial score (nSPS) is 22.3. The third-order valence-corrected chi connectivity index (χ3v) is 3.35. The van der Waals surface area contributed by atoms with E-state index >= 15 is 0 Å². The Labute approximate surface area is 116 Å². The van der Waals surface area contributed by atoms with Gasteiger partial charge < -0.3 is 14.8 Å². The molecule has 1 aliphatic carbocycles. The number of hydrogen-bond donors (Lipinski definition) is 1. The highest BCUT2D eigenvalue weighted by molar-refractivity contribution is 5.43. The van der Waals surface area contributed by atoms with Crippen LogP contribution in [-0.4, -0.2) is 41.3 Å². The standard InChI is InChI=1S/C12H18N4O4/c1-13-12-14-7-10(16(17)18)11(15-12)20-9-5-3-4-8(6-9)19-2/h7-9H,3-6H2,1-2H3,(H,13,14,15). The molecule has 1 saturated carbocycles. The molecule has 1 aromatic heterocycles. The van der Waals surface area contributed by atoms with Crippen LogP contribution in [0.5, 0.6) is 5.88 Å². The minimum atomic E-state index is -0.536. The van der Waals surface area contributed by atoms with E-state index in [0.717, 1.165) is 25.5 Å². The van der Waals surface area contributed by atoms with Crippen molar-refractivity contribution < 1.29 is 14.4 Å². The molecule has 8 nitrogen and oxygen atoms in total. The first-order valence-corrected chi connectivity index (χ1v) is 6.52. The van der Waals surface area contributed by atoms with Gasteiger partial charge in [0.05, 0.1) is 11.0 Å². The number of aromatic nitrogens is 2. The van der Waals surface area contributed by atoms with Gasteiger partial charge in [-0.15, -0.1) is 0 Å². The SMILES string of the molecule is CNc1ncc([N+](=O)[O-])c(OC2CCCC(OC)C2)n1. The molecule has 0 aromatic carbocycles. The van der Waals surface area contributed by atoms with Crippen LogP contribution in [0.1, 0.15) is 25.7 Å². The number of nitro groups is 1. The van der Waals surface area contributed by atoms with Crippen LogP contribution in [0.4, 0.5) is 11.6 Å². The van der Waals surface area contributed by atoms with Crippen molar-refractivity contribution in [2.24, 2.45) is 0 Å². The van der Waals surface area contributed by atoms with Crippen molar-refractivity contribution in [2.75, 3.05) is 19.5 Å². The van der Waals surface area contributed by atoms with Crippen LogP contribution in [0.15, 0.2) is 6.20 Å². The van der Waals surface area contributed by atoms with E-state index in [1.807, 2.05) is 0 Å². The van der Waals surface area contributed by atoms with E-state index in [1.54, 1.807) is 14.2 Å². The molecule has 110 valence electrons. The molecule has 2 unspecified atom stereocenters. The summed E-state index contributed by atoms with van der Waals surface area (Å²) in [5, 5.41) is 13.7. The first-order valence-electron chi connectivity index (χ1n) is 6.52. The Morgan fingerprint density at radius 3 is 2.85 bits per heavy atom. The van der Waals surface area contributed by atoms with Gasteiger partial charge in [-0.25, -0.2) is 4.98 Å². The lowest BCUT2D eigenvalue weighted by Gasteiger charge is -2.28. The number of ether oxygens (including phenoxy) is 2. The maximum atomic E-state index is 11.0. The predicted octanol–water partition coefficient (Wildman–Crippen LogP) is 1.76. The van der Waals surface area contributed by atoms with E-state index in [4.69, 9.17) is 9.47 Å². The minimum absolute atomic E-state index is 0.0103. The Morgan fingerprint density at radius 2 is 2.20 bits per heavy atom. The molecule has 0 radical (unpaired) electrons. The number of anilines is 1. The van der Waals surface area contributed by atoms with Crippen LogP contribution < -0.4 is 10.1 Å². The number of nitrogens with zero attached hydrogens (tertiary/aromatic N) is 3. The molecule has 0 amide bonds. The van der Waals surface area contributed by atoms with E-state index in [0.29, 0.717) is 12.4 Å². The Kier molecular flexibility index (Phi) is 4.67. The Bertz CT molecular complexity index is 483. The van der Waals surface area contributed by atoms with Gasteiger partial charge in [-0.05, 0) is 19.3 Å². The van der Waals surface area contributed by atoms with Gasteiger partial charge >= 0.3 is 5.69 Å². The van der Waals surface area contributed by atoms with Gasteiger partial charge in [-0.1, -0.05) is 0 Å². The van der Waals surface area contributed by atoms with E-state index in [1.165, 1.54) is 0 Å². The fourth-order valence-electron chi connectivity index (χ4n) is 2.27. The maximum Gasteiger partial charge on any atom is 0.349 e. The third-order valence-electron chi connectivity index (χ3n) is 3.35. The van der Waals surface area contributed by atoms with Crippen molar-refractivity contribution in [3.63, 3.8) is 0 Å². The van der Waals surface area contributed by atoms with Crippen LogP contribution in [0, 0.1) is 10.1 Å². The number of methoxy groups -OCH3 is 1. The van der Waals surface area contributed by atoms with Crippen LogP contribution in [0.2, 0.25) is 0 Å². The van der Waals surface area contributed by atoms with Crippen LogP contribution in [0.3, 0.4) is 0 Å². The van der Waals surface area contributed by atoms with Crippen molar-refractivity contribution in [2.45, 2.75) is 37.9 Å². The maximum absolute atomic E-state index is 11.0. The average Bonchev–Trinajstić information content (AvgIpc) is 2.47. The van der Waals surface area contributed by atoms with Gasteiger partial charge in [-0.2, -0.15) is 4.98 Å². The summed E-state index contributed by atoms with van der Waals surface area (Å²) in [6, 6.07) is 0. The third kappa shape index (κ3) is 3.32. The van der Waals surface area contributed by atoms with Crippen LogP contribution in [0.25, 0.3) is 0 Å². The molecule has 0 saturated heterocycles. The second-order valence-electron chi connectivity index (χ2n) is 4.66. The summed E-state index contributed by atoms with van der Waals surface area (Å²) < 4.78 is 11.0. The molecule has 0 spiro atoms. The van der Waals surface area contributed by atoms with Crippen LogP contribution >= 0.6 is 0 Å². The largest absolute Gasteiger partial charge is 0.469 e. The molecular formula is C12H18N4O4. The molecule has 1 N–H and O–H groups in total. The van der Waals surface area contributed by atoms with E-state index in [9.17, 15) is 10.1 Å². The first-order chi connectivity index (χ1) is 9.63. The molecule has 1 aliphatic rings. The second kappa shape index (κ2) is 6.47. The smallest absolute Gasteiger partial charge is 0.349 e. The highest BCUT2D eigenvalue weighted by Gasteiger charge is 2.27. The Morgan fingerprint density at radius 1 is 1.45 bits per heavy atom. The van der Waals surface area contributed by atoms with Crippen molar-refractivity contribution in [1.82, 2.24) is 9.97 Å². The summed E-state index contributed by atoms with van der Waals surface area (Å²) in [6.07, 6.45) is 4.70. The van der Waals surface area contributed by atoms with Gasteiger partial charge in [0.15, 0.2) is 0 Å². The van der Waals surface area contributed by atoms with Crippen LogP contribution in [-0.2, 0) is 4.74 Å². The summed E-state index contributed by atoms with van der Waals surface area (Å²) in [5.41, 5.74) is -0.219. The lowest BCUT2D eigenvalue weighted by molar-refractivity contribution is -0.386. The average molecular weight is 282 g/mol. The fourth-order valence-corrected chi connectivity index (χ4v) is 2.27. The fraction of sp³-hybridized carbons (Fsp3) is 0.667. The first kappa shape index (κ1) is 14.4. The highest BCUT2D eigenvalue weighted by atomic mass is 16.6. The number of nitrogens with one attached hydrogen (secondary N) is 1. The second-order valence-corrected chi connectivity index (χ2v) is 4.66. The summed E-state index contributed by atoms with van der Waals surface area (Å²) in [7, 11) is 3.31. The molecule has 1 aromatic rings. The predicted molar refractivity (Wildman–Crippen MR) is 71.9 cm³/mol. The van der Waals surface area contributed by atoms with E-state index < -0.39 is 4.92 Å². The van der Waals surface area contributed by atoms with Crippen molar-refractivity contribution in [1.29, 1.82) is 0 Å². The highest BCUT2D eigenvalue weighted by Crippen LogP contribution is 2.30. The molecule has 20 heavy (non-hydrogen) atoms. The van der Waals surface area contributed by atoms with Gasteiger partial charge in [0, 0.05) is 20.6 Å². The summed E-state index contributed by atoms with van der Waals surface area (Å²) in [6.45, 7) is 0. The van der Waals surface area contributed by atoms with Gasteiger partial charge in [-0.3, -0.25) is 10.1 Å². The molecule has 0 bridgehead atoms. The zero-order valence-corrected chi connectivity index (χ0v) is 11.5. The van der Waals surface area contributed by atoms with Gasteiger partial charge in [0.25, 0.3) is 5.88 Å². The van der Waals surface area contributed by atoms with Crippen molar-refractivity contribution >= 4 is 11.6 Å². The molecule has 2 rings (SSSR count). The van der Waals surface area contributed by atoms with Crippen molar-refractivity contribution in [3.05, 3.63) is 16.3 Å². The van der Waals surface area contributed by atoms with E-state index in [-0.39, 0.29) is 23.8 Å². The molecule has 1 fully saturated rings. The minimum Gasteiger partial charge on any atom is -0.469 e. The van der Waals surface area contributed by atoms with E-state index in [2.05, 4.69) is 15.3 Å². The number of rotatable bonds is 5. The summed E-state index contributed by atoms with van der Waals surface area (Å²) >= 11 is 0. The molecule has 1 heterocycles. The molecular weight excluding hydrogens is 264 g/mol. The monoisotopic (exact) mass is 282 g/mol. The summed E-state index contributed by atoms with van der Waals surface area (Å²) in [4.78, 5) is 18.3. The zero-order chi connectivity index (χ0) is 14.5. The quantitative estimate of drug-likeness (QED) is 0.648. The lowest BCUT2D eigenvalue weighted by atomic mass is 9.95. The van der Waals surface area contributed by atoms with Crippen molar-refractivity contribution in [3.8, 4) is 5.88 Å². The molecule has 8 heteroatoms. The lowest BCUT2D eigenvalue weighted by Crippen LogP contribution is -2.30. The topological polar surface area (TPSA) is 99.4 Å². The molecule has 2 atom stereocenters.